The van der Waals surface area contributed by atoms with Crippen LogP contribution in [0, 0.1) is 5.92 Å². The molecule has 0 spiro atoms. The number of nitrogens with two attached hydrogens (primary N) is 1. The first-order chi connectivity index (χ1) is 9.10. The minimum Gasteiger partial charge on any atom is -0.380 e. The number of ether oxygens (including phenoxy) is 1. The Balaban J connectivity index is 2.32. The Morgan fingerprint density at radius 1 is 1.58 bits per heavy atom. The first-order valence-electron chi connectivity index (χ1n) is 7.29. The van der Waals surface area contributed by atoms with Gasteiger partial charge < -0.3 is 20.3 Å². The highest BCUT2D eigenvalue weighted by molar-refractivity contribution is 5.77. The number of likely N-dealkylation sites (tertiary alicyclic amines) is 1. The quantitative estimate of drug-likeness (QED) is 0.700. The topological polar surface area (TPSA) is 58.8 Å². The fourth-order valence-electron chi connectivity index (χ4n) is 2.71. The summed E-state index contributed by atoms with van der Waals surface area (Å²) >= 11 is 0. The summed E-state index contributed by atoms with van der Waals surface area (Å²) in [6, 6.07) is 0. The molecule has 1 fully saturated rings. The zero-order valence-corrected chi connectivity index (χ0v) is 12.6. The number of amides is 1. The van der Waals surface area contributed by atoms with Gasteiger partial charge in [0.1, 0.15) is 0 Å². The van der Waals surface area contributed by atoms with Gasteiger partial charge >= 0.3 is 0 Å². The summed E-state index contributed by atoms with van der Waals surface area (Å²) < 4.78 is 5.17. The smallest absolute Gasteiger partial charge is 0.225 e. The van der Waals surface area contributed by atoms with E-state index in [4.69, 9.17) is 10.5 Å². The lowest BCUT2D eigenvalue weighted by atomic mass is 10.1. The Hall–Kier alpha value is -0.650. The summed E-state index contributed by atoms with van der Waals surface area (Å²) in [6.07, 6.45) is 2.55. The van der Waals surface area contributed by atoms with Crippen molar-refractivity contribution in [1.29, 1.82) is 0 Å². The third-order valence-corrected chi connectivity index (χ3v) is 3.81. The van der Waals surface area contributed by atoms with Crippen LogP contribution in [-0.2, 0) is 9.53 Å². The second-order valence-corrected chi connectivity index (χ2v) is 5.55. The molecular formula is C14H29N3O2. The zero-order chi connectivity index (χ0) is 14.3. The number of carbonyl (C=O) groups excluding carboxylic acids is 1. The van der Waals surface area contributed by atoms with E-state index < -0.39 is 0 Å². The Morgan fingerprint density at radius 3 is 2.89 bits per heavy atom. The monoisotopic (exact) mass is 271 g/mol. The zero-order valence-electron chi connectivity index (χ0n) is 12.6. The minimum absolute atomic E-state index is 0.144. The van der Waals surface area contributed by atoms with Gasteiger partial charge in [0.2, 0.25) is 5.91 Å². The van der Waals surface area contributed by atoms with Crippen LogP contribution in [0.25, 0.3) is 0 Å². The number of rotatable bonds is 8. The number of carbonyl (C=O) groups is 1. The van der Waals surface area contributed by atoms with E-state index >= 15 is 0 Å². The fourth-order valence-corrected chi connectivity index (χ4v) is 2.71. The third-order valence-electron chi connectivity index (χ3n) is 3.81. The van der Waals surface area contributed by atoms with E-state index in [2.05, 4.69) is 18.9 Å². The summed E-state index contributed by atoms with van der Waals surface area (Å²) in [5, 5.41) is 0. The summed E-state index contributed by atoms with van der Waals surface area (Å²) in [5.74, 6) is 0.789. The van der Waals surface area contributed by atoms with Gasteiger partial charge in [0.25, 0.3) is 0 Å². The van der Waals surface area contributed by atoms with Crippen LogP contribution in [0.1, 0.15) is 26.2 Å². The van der Waals surface area contributed by atoms with Crippen LogP contribution >= 0.6 is 0 Å². The van der Waals surface area contributed by atoms with Crippen molar-refractivity contribution in [3.8, 4) is 0 Å². The SMILES string of the molecule is CCCN(C)CC1CCN(C(=O)CC(CN)OC)C1. The second-order valence-electron chi connectivity index (χ2n) is 5.55. The summed E-state index contributed by atoms with van der Waals surface area (Å²) in [4.78, 5) is 16.4. The van der Waals surface area contributed by atoms with Gasteiger partial charge in [-0.25, -0.2) is 0 Å². The predicted octanol–water partition coefficient (Wildman–Crippen LogP) is 0.541. The maximum absolute atomic E-state index is 12.1. The fraction of sp³-hybridized carbons (Fsp3) is 0.929. The van der Waals surface area contributed by atoms with E-state index in [-0.39, 0.29) is 12.0 Å². The van der Waals surface area contributed by atoms with Crippen molar-refractivity contribution in [2.75, 3.05) is 46.9 Å². The number of hydrogen-bond acceptors (Lipinski definition) is 4. The molecule has 2 atom stereocenters. The van der Waals surface area contributed by atoms with E-state index in [9.17, 15) is 4.79 Å². The summed E-state index contributed by atoms with van der Waals surface area (Å²) in [7, 11) is 3.76. The molecule has 112 valence electrons. The summed E-state index contributed by atoms with van der Waals surface area (Å²) in [6.45, 7) is 6.57. The maximum Gasteiger partial charge on any atom is 0.225 e. The Morgan fingerprint density at radius 2 is 2.32 bits per heavy atom. The molecule has 0 aromatic carbocycles. The third kappa shape index (κ3) is 5.47. The Bertz CT molecular complexity index is 269. The van der Waals surface area contributed by atoms with Crippen LogP contribution in [-0.4, -0.2) is 68.7 Å². The van der Waals surface area contributed by atoms with Gasteiger partial charge in [-0.1, -0.05) is 6.92 Å². The van der Waals surface area contributed by atoms with Crippen molar-refractivity contribution in [3.05, 3.63) is 0 Å². The predicted molar refractivity (Wildman–Crippen MR) is 76.9 cm³/mol. The number of methoxy groups -OCH3 is 1. The van der Waals surface area contributed by atoms with Crippen molar-refractivity contribution in [2.45, 2.75) is 32.3 Å². The lowest BCUT2D eigenvalue weighted by molar-refractivity contribution is -0.132. The lowest BCUT2D eigenvalue weighted by Crippen LogP contribution is -2.35. The van der Waals surface area contributed by atoms with Crippen LogP contribution in [0.5, 0.6) is 0 Å². The van der Waals surface area contributed by atoms with Crippen LogP contribution in [0.3, 0.4) is 0 Å². The molecule has 1 aliphatic heterocycles. The lowest BCUT2D eigenvalue weighted by Gasteiger charge is -2.22. The normalized spacial score (nSPS) is 21.1. The van der Waals surface area contributed by atoms with Gasteiger partial charge in [0, 0.05) is 33.3 Å². The van der Waals surface area contributed by atoms with Crippen molar-refractivity contribution in [1.82, 2.24) is 9.80 Å². The Kier molecular flexibility index (Phi) is 7.34. The molecule has 2 unspecified atom stereocenters. The molecule has 0 aromatic rings. The largest absolute Gasteiger partial charge is 0.380 e. The van der Waals surface area contributed by atoms with Crippen LogP contribution in [0.15, 0.2) is 0 Å². The van der Waals surface area contributed by atoms with E-state index in [0.29, 0.717) is 18.9 Å². The van der Waals surface area contributed by atoms with Crippen LogP contribution < -0.4 is 5.73 Å². The molecule has 0 saturated carbocycles. The number of nitrogens with zero attached hydrogens (tertiary/aromatic N) is 2. The molecule has 19 heavy (non-hydrogen) atoms. The first kappa shape index (κ1) is 16.4. The molecule has 2 N–H and O–H groups in total. The van der Waals surface area contributed by atoms with Gasteiger partial charge in [-0.05, 0) is 32.4 Å². The van der Waals surface area contributed by atoms with Gasteiger partial charge in [0.05, 0.1) is 12.5 Å². The van der Waals surface area contributed by atoms with E-state index in [1.54, 1.807) is 7.11 Å². The van der Waals surface area contributed by atoms with Crippen molar-refractivity contribution < 1.29 is 9.53 Å². The maximum atomic E-state index is 12.1. The highest BCUT2D eigenvalue weighted by Crippen LogP contribution is 2.18. The molecule has 0 aliphatic carbocycles. The average Bonchev–Trinajstić information content (AvgIpc) is 2.84. The molecule has 1 aliphatic rings. The molecule has 1 rings (SSSR count). The van der Waals surface area contributed by atoms with Crippen LogP contribution in [0.4, 0.5) is 0 Å². The van der Waals surface area contributed by atoms with Crippen molar-refractivity contribution in [2.24, 2.45) is 11.7 Å². The van der Waals surface area contributed by atoms with Crippen molar-refractivity contribution in [3.63, 3.8) is 0 Å². The van der Waals surface area contributed by atoms with Gasteiger partial charge in [-0.2, -0.15) is 0 Å². The van der Waals surface area contributed by atoms with Crippen LogP contribution in [0.2, 0.25) is 0 Å². The van der Waals surface area contributed by atoms with Crippen molar-refractivity contribution >= 4 is 5.91 Å². The first-order valence-corrected chi connectivity index (χ1v) is 7.29. The van der Waals surface area contributed by atoms with E-state index in [1.807, 2.05) is 4.90 Å². The molecule has 5 heteroatoms. The van der Waals surface area contributed by atoms with E-state index in [1.165, 1.54) is 6.42 Å². The minimum atomic E-state index is -0.144. The molecule has 1 amide bonds. The molecule has 1 heterocycles. The molecular weight excluding hydrogens is 242 g/mol. The highest BCUT2D eigenvalue weighted by Gasteiger charge is 2.27. The molecule has 5 nitrogen and oxygen atoms in total. The molecule has 1 saturated heterocycles. The molecule has 0 aromatic heterocycles. The summed E-state index contributed by atoms with van der Waals surface area (Å²) in [5.41, 5.74) is 5.55. The number of hydrogen-bond donors (Lipinski definition) is 1. The highest BCUT2D eigenvalue weighted by atomic mass is 16.5. The van der Waals surface area contributed by atoms with Gasteiger partial charge in [-0.15, -0.1) is 0 Å². The van der Waals surface area contributed by atoms with Gasteiger partial charge in [-0.3, -0.25) is 4.79 Å². The molecule has 0 bridgehead atoms. The Labute approximate surface area is 117 Å². The average molecular weight is 271 g/mol. The van der Waals surface area contributed by atoms with Gasteiger partial charge in [0.15, 0.2) is 0 Å². The second kappa shape index (κ2) is 8.51. The standard InChI is InChI=1S/C14H29N3O2/c1-4-6-16(2)10-12-5-7-17(11-12)14(18)8-13(9-15)19-3/h12-13H,4-11,15H2,1-3H3. The molecule has 0 radical (unpaired) electrons. The van der Waals surface area contributed by atoms with E-state index in [0.717, 1.165) is 32.6 Å².